The maximum atomic E-state index is 14.4. The monoisotopic (exact) mass is 259 g/mol. The molecule has 1 aromatic heterocycles. The van der Waals surface area contributed by atoms with Gasteiger partial charge < -0.3 is 5.32 Å². The Hall–Kier alpha value is -1.84. The predicted molar refractivity (Wildman–Crippen MR) is 74.0 cm³/mol. The summed E-state index contributed by atoms with van der Waals surface area (Å²) in [4.78, 5) is 0. The van der Waals surface area contributed by atoms with Crippen molar-refractivity contribution in [1.82, 2.24) is 9.78 Å². The molecule has 1 aromatic carbocycles. The summed E-state index contributed by atoms with van der Waals surface area (Å²) in [5.74, 6) is 0. The number of halogens is 1. The van der Waals surface area contributed by atoms with E-state index in [1.54, 1.807) is 10.9 Å². The van der Waals surface area contributed by atoms with Gasteiger partial charge in [0.1, 0.15) is 6.17 Å². The molecule has 100 valence electrons. The van der Waals surface area contributed by atoms with Crippen LogP contribution in [0.4, 0.5) is 10.1 Å². The second-order valence-corrected chi connectivity index (χ2v) is 5.09. The average Bonchev–Trinajstić information content (AvgIpc) is 3.03. The lowest BCUT2D eigenvalue weighted by atomic mass is 10.00. The molecule has 1 aliphatic rings. The summed E-state index contributed by atoms with van der Waals surface area (Å²) in [6.07, 6.45) is 5.06. The third-order valence-corrected chi connectivity index (χ3v) is 3.66. The standard InChI is InChI=1S/C15H18FN3/c1-19-10-11(9-18-19)5-6-14(16)13-4-2-3-12-7-8-17-15(12)13/h2-4,9-10,14,17H,5-8H2,1H3. The molecule has 1 atom stereocenters. The number of nitrogens with one attached hydrogen (secondary N) is 1. The van der Waals surface area contributed by atoms with Crippen LogP contribution in [0.2, 0.25) is 0 Å². The third-order valence-electron chi connectivity index (χ3n) is 3.66. The smallest absolute Gasteiger partial charge is 0.127 e. The fourth-order valence-electron chi connectivity index (χ4n) is 2.68. The second kappa shape index (κ2) is 5.03. The minimum atomic E-state index is -0.916. The minimum Gasteiger partial charge on any atom is -0.384 e. The van der Waals surface area contributed by atoms with E-state index in [0.717, 1.165) is 36.2 Å². The van der Waals surface area contributed by atoms with Gasteiger partial charge in [-0.05, 0) is 30.4 Å². The van der Waals surface area contributed by atoms with Gasteiger partial charge in [0.05, 0.1) is 6.20 Å². The van der Waals surface area contributed by atoms with E-state index in [4.69, 9.17) is 0 Å². The van der Waals surface area contributed by atoms with Crippen molar-refractivity contribution in [3.8, 4) is 0 Å². The Balaban J connectivity index is 1.70. The van der Waals surface area contributed by atoms with Crippen molar-refractivity contribution >= 4 is 5.69 Å². The van der Waals surface area contributed by atoms with Crippen LogP contribution < -0.4 is 5.32 Å². The van der Waals surface area contributed by atoms with Gasteiger partial charge in [-0.3, -0.25) is 4.68 Å². The lowest BCUT2D eigenvalue weighted by molar-refractivity contribution is 0.324. The van der Waals surface area contributed by atoms with Crippen LogP contribution in [0.25, 0.3) is 0 Å². The average molecular weight is 259 g/mol. The van der Waals surface area contributed by atoms with E-state index in [9.17, 15) is 4.39 Å². The third kappa shape index (κ3) is 2.48. The first kappa shape index (κ1) is 12.2. The number of nitrogens with zero attached hydrogens (tertiary/aromatic N) is 2. The van der Waals surface area contributed by atoms with Crippen molar-refractivity contribution in [1.29, 1.82) is 0 Å². The molecule has 1 unspecified atom stereocenters. The molecule has 0 saturated carbocycles. The summed E-state index contributed by atoms with van der Waals surface area (Å²) in [5.41, 5.74) is 4.15. The number of rotatable bonds is 4. The van der Waals surface area contributed by atoms with Gasteiger partial charge in [0.15, 0.2) is 0 Å². The normalized spacial score (nSPS) is 15.1. The topological polar surface area (TPSA) is 29.9 Å². The van der Waals surface area contributed by atoms with Crippen LogP contribution in [0.1, 0.15) is 29.3 Å². The Kier molecular flexibility index (Phi) is 3.23. The highest BCUT2D eigenvalue weighted by Crippen LogP contribution is 2.34. The van der Waals surface area contributed by atoms with Gasteiger partial charge in [-0.1, -0.05) is 18.2 Å². The fourth-order valence-corrected chi connectivity index (χ4v) is 2.68. The first-order chi connectivity index (χ1) is 9.24. The highest BCUT2D eigenvalue weighted by Gasteiger charge is 2.19. The summed E-state index contributed by atoms with van der Waals surface area (Å²) < 4.78 is 16.2. The van der Waals surface area contributed by atoms with E-state index >= 15 is 0 Å². The van der Waals surface area contributed by atoms with Gasteiger partial charge in [-0.25, -0.2) is 4.39 Å². The van der Waals surface area contributed by atoms with E-state index in [1.807, 2.05) is 25.4 Å². The van der Waals surface area contributed by atoms with Gasteiger partial charge in [0, 0.05) is 31.0 Å². The van der Waals surface area contributed by atoms with Crippen LogP contribution in [0, 0.1) is 0 Å². The highest BCUT2D eigenvalue weighted by atomic mass is 19.1. The van der Waals surface area contributed by atoms with Crippen molar-refractivity contribution in [2.24, 2.45) is 7.05 Å². The number of hydrogen-bond acceptors (Lipinski definition) is 2. The molecule has 19 heavy (non-hydrogen) atoms. The fraction of sp³-hybridized carbons (Fsp3) is 0.400. The summed E-state index contributed by atoms with van der Waals surface area (Å²) in [6, 6.07) is 5.93. The van der Waals surface area contributed by atoms with Crippen LogP contribution in [0.5, 0.6) is 0 Å². The Morgan fingerprint density at radius 2 is 2.37 bits per heavy atom. The Morgan fingerprint density at radius 3 is 3.16 bits per heavy atom. The van der Waals surface area contributed by atoms with Gasteiger partial charge in [-0.15, -0.1) is 0 Å². The minimum absolute atomic E-state index is 0.504. The zero-order valence-electron chi connectivity index (χ0n) is 11.1. The molecule has 0 aliphatic carbocycles. The molecule has 0 bridgehead atoms. The first-order valence-electron chi connectivity index (χ1n) is 6.71. The van der Waals surface area contributed by atoms with Gasteiger partial charge >= 0.3 is 0 Å². The lowest BCUT2D eigenvalue weighted by Crippen LogP contribution is -2.00. The molecule has 0 amide bonds. The van der Waals surface area contributed by atoms with Crippen molar-refractivity contribution in [2.45, 2.75) is 25.4 Å². The lowest BCUT2D eigenvalue weighted by Gasteiger charge is -2.13. The summed E-state index contributed by atoms with van der Waals surface area (Å²) >= 11 is 0. The quantitative estimate of drug-likeness (QED) is 0.914. The Morgan fingerprint density at radius 1 is 1.47 bits per heavy atom. The zero-order valence-corrected chi connectivity index (χ0v) is 11.1. The number of benzene rings is 1. The molecule has 0 spiro atoms. The van der Waals surface area contributed by atoms with E-state index in [-0.39, 0.29) is 0 Å². The van der Waals surface area contributed by atoms with E-state index in [1.165, 1.54) is 5.56 Å². The number of para-hydroxylation sites is 1. The van der Waals surface area contributed by atoms with Crippen molar-refractivity contribution < 1.29 is 4.39 Å². The molecule has 0 fully saturated rings. The molecular formula is C15H18FN3. The molecule has 0 radical (unpaired) electrons. The largest absolute Gasteiger partial charge is 0.384 e. The van der Waals surface area contributed by atoms with Gasteiger partial charge in [0.25, 0.3) is 0 Å². The van der Waals surface area contributed by atoms with E-state index in [0.29, 0.717) is 6.42 Å². The highest BCUT2D eigenvalue weighted by molar-refractivity contribution is 5.61. The number of alkyl halides is 1. The zero-order chi connectivity index (χ0) is 13.2. The molecule has 2 aromatic rings. The van der Waals surface area contributed by atoms with Crippen molar-refractivity contribution in [2.75, 3.05) is 11.9 Å². The van der Waals surface area contributed by atoms with Crippen LogP contribution in [-0.2, 0) is 19.9 Å². The Bertz CT molecular complexity index is 577. The Labute approximate surface area is 112 Å². The molecule has 1 N–H and O–H groups in total. The van der Waals surface area contributed by atoms with Crippen molar-refractivity contribution in [3.05, 3.63) is 47.3 Å². The van der Waals surface area contributed by atoms with Gasteiger partial charge in [-0.2, -0.15) is 5.10 Å². The number of aryl methyl sites for hydroxylation is 2. The van der Waals surface area contributed by atoms with Crippen molar-refractivity contribution in [3.63, 3.8) is 0 Å². The number of anilines is 1. The molecule has 4 heteroatoms. The van der Waals surface area contributed by atoms with E-state index in [2.05, 4.69) is 16.5 Å². The maximum Gasteiger partial charge on any atom is 0.127 e. The van der Waals surface area contributed by atoms with Crippen LogP contribution >= 0.6 is 0 Å². The van der Waals surface area contributed by atoms with Crippen LogP contribution in [-0.4, -0.2) is 16.3 Å². The van der Waals surface area contributed by atoms with Crippen LogP contribution in [0.15, 0.2) is 30.6 Å². The predicted octanol–water partition coefficient (Wildman–Crippen LogP) is 3.03. The molecule has 3 rings (SSSR count). The maximum absolute atomic E-state index is 14.4. The van der Waals surface area contributed by atoms with Gasteiger partial charge in [0.2, 0.25) is 0 Å². The number of hydrogen-bond donors (Lipinski definition) is 1. The number of fused-ring (bicyclic) bond motifs is 1. The molecule has 2 heterocycles. The van der Waals surface area contributed by atoms with Crippen LogP contribution in [0.3, 0.4) is 0 Å². The molecule has 1 aliphatic heterocycles. The molecule has 0 saturated heterocycles. The summed E-state index contributed by atoms with van der Waals surface area (Å²) in [5, 5.41) is 7.40. The number of aromatic nitrogens is 2. The SMILES string of the molecule is Cn1cc(CCC(F)c2cccc3c2NCC3)cn1. The summed E-state index contributed by atoms with van der Waals surface area (Å²) in [6.45, 7) is 0.918. The summed E-state index contributed by atoms with van der Waals surface area (Å²) in [7, 11) is 1.88. The first-order valence-corrected chi connectivity index (χ1v) is 6.71. The molecular weight excluding hydrogens is 241 g/mol. The second-order valence-electron chi connectivity index (χ2n) is 5.09. The molecule has 3 nitrogen and oxygen atoms in total. The van der Waals surface area contributed by atoms with E-state index < -0.39 is 6.17 Å².